The van der Waals surface area contributed by atoms with Crippen molar-refractivity contribution in [2.75, 3.05) is 78.1 Å². The molecule has 4 saturated heterocycles. The third-order valence-electron chi connectivity index (χ3n) is 13.1. The Morgan fingerprint density at radius 3 is 2.48 bits per heavy atom. The summed E-state index contributed by atoms with van der Waals surface area (Å²) in [7, 11) is 6.09. The molecular weight excluding hydrogens is 715 g/mol. The summed E-state index contributed by atoms with van der Waals surface area (Å²) in [4.78, 5) is 19.9. The summed E-state index contributed by atoms with van der Waals surface area (Å²) in [6, 6.07) is 6.80. The molecular formula is C43H48F2N8O3. The number of nitrogens with zero attached hydrogens (tertiary/aromatic N) is 8. The number of aromatic nitrogens is 4. The quantitative estimate of drug-likeness (QED) is 0.187. The van der Waals surface area contributed by atoms with E-state index in [1.807, 2.05) is 6.20 Å². The van der Waals surface area contributed by atoms with Gasteiger partial charge in [-0.25, -0.2) is 8.78 Å². The molecule has 1 N–H and O–H groups in total. The highest BCUT2D eigenvalue weighted by Crippen LogP contribution is 2.49. The lowest BCUT2D eigenvalue weighted by molar-refractivity contribution is -0.0484. The SMILES string of the molecule is C#Cc1c(F)ccc2cc(O)cc(-c3c(F)c4nc(OCC5(CN6CC[C@H](N(C)C)C6)CC5)nc(N5[C@@H]6CC[C@H]5CN(CC5COC5)C6)c4c4cn(C)nc34)c12. The fourth-order valence-electron chi connectivity index (χ4n) is 10.0. The number of aromatic hydroxyl groups is 1. The van der Waals surface area contributed by atoms with E-state index >= 15 is 8.78 Å². The number of aryl methyl sites for hydroxylation is 1. The van der Waals surface area contributed by atoms with Crippen LogP contribution in [0.2, 0.25) is 0 Å². The van der Waals surface area contributed by atoms with Crippen LogP contribution >= 0.6 is 0 Å². The van der Waals surface area contributed by atoms with Crippen molar-refractivity contribution in [1.29, 1.82) is 0 Å². The average molecular weight is 763 g/mol. The van der Waals surface area contributed by atoms with Crippen molar-refractivity contribution in [2.45, 2.75) is 50.2 Å². The molecule has 5 aliphatic rings. The third-order valence-corrected chi connectivity index (χ3v) is 13.1. The lowest BCUT2D eigenvalue weighted by Gasteiger charge is -2.44. The number of anilines is 1. The third kappa shape index (κ3) is 6.04. The molecule has 4 aliphatic heterocycles. The van der Waals surface area contributed by atoms with E-state index in [0.717, 1.165) is 84.6 Å². The lowest BCUT2D eigenvalue weighted by atomic mass is 9.91. The smallest absolute Gasteiger partial charge is 0.319 e. The molecule has 3 aromatic carbocycles. The van der Waals surface area contributed by atoms with Crippen LogP contribution in [0.4, 0.5) is 14.6 Å². The highest BCUT2D eigenvalue weighted by Gasteiger charge is 2.47. The van der Waals surface area contributed by atoms with E-state index in [9.17, 15) is 5.11 Å². The molecule has 5 aromatic rings. The zero-order valence-corrected chi connectivity index (χ0v) is 32.3. The van der Waals surface area contributed by atoms with Gasteiger partial charge in [0, 0.05) is 91.8 Å². The predicted molar refractivity (Wildman–Crippen MR) is 212 cm³/mol. The molecule has 1 aliphatic carbocycles. The van der Waals surface area contributed by atoms with Crippen molar-refractivity contribution >= 4 is 38.4 Å². The Bertz CT molecular complexity index is 2410. The first-order valence-electron chi connectivity index (χ1n) is 20.0. The fraction of sp³-hybridized carbons (Fsp3) is 0.512. The van der Waals surface area contributed by atoms with Crippen LogP contribution in [0.3, 0.4) is 0 Å². The summed E-state index contributed by atoms with van der Waals surface area (Å²) in [6.07, 6.45) is 13.0. The molecule has 2 bridgehead atoms. The second-order valence-corrected chi connectivity index (χ2v) is 17.3. The molecule has 292 valence electrons. The summed E-state index contributed by atoms with van der Waals surface area (Å²) in [5, 5.41) is 17.8. The zero-order chi connectivity index (χ0) is 38.5. The molecule has 56 heavy (non-hydrogen) atoms. The van der Waals surface area contributed by atoms with E-state index < -0.39 is 11.6 Å². The van der Waals surface area contributed by atoms with Crippen LogP contribution < -0.4 is 9.64 Å². The Hall–Kier alpha value is -4.61. The zero-order valence-electron chi connectivity index (χ0n) is 32.3. The van der Waals surface area contributed by atoms with Gasteiger partial charge < -0.3 is 29.3 Å². The van der Waals surface area contributed by atoms with E-state index in [-0.39, 0.29) is 51.5 Å². The van der Waals surface area contributed by atoms with Crippen LogP contribution in [-0.2, 0) is 11.8 Å². The lowest BCUT2D eigenvalue weighted by Crippen LogP contribution is -2.56. The van der Waals surface area contributed by atoms with Crippen molar-refractivity contribution in [3.63, 3.8) is 0 Å². The molecule has 2 aromatic heterocycles. The van der Waals surface area contributed by atoms with E-state index in [2.05, 4.69) is 39.6 Å². The summed E-state index contributed by atoms with van der Waals surface area (Å²) in [6.45, 7) is 7.89. The predicted octanol–water partition coefficient (Wildman–Crippen LogP) is 5.40. The van der Waals surface area contributed by atoms with Crippen molar-refractivity contribution in [3.05, 3.63) is 47.7 Å². The van der Waals surface area contributed by atoms with Gasteiger partial charge in [-0.05, 0) is 81.9 Å². The summed E-state index contributed by atoms with van der Waals surface area (Å²) in [5.74, 6) is 2.33. The molecule has 0 amide bonds. The minimum absolute atomic E-state index is 0.00274. The molecule has 0 spiro atoms. The molecule has 3 atom stereocenters. The summed E-state index contributed by atoms with van der Waals surface area (Å²) < 4.78 is 46.9. The van der Waals surface area contributed by atoms with Gasteiger partial charge in [0.2, 0.25) is 0 Å². The van der Waals surface area contributed by atoms with Crippen molar-refractivity contribution in [1.82, 2.24) is 34.4 Å². The minimum Gasteiger partial charge on any atom is -0.508 e. The molecule has 6 heterocycles. The molecule has 10 rings (SSSR count). The van der Waals surface area contributed by atoms with E-state index in [0.29, 0.717) is 51.4 Å². The Morgan fingerprint density at radius 1 is 1.02 bits per heavy atom. The number of likely N-dealkylation sites (N-methyl/N-ethyl adjacent to an activating group) is 1. The number of piperazine rings is 1. The number of ether oxygens (including phenoxy) is 2. The number of halogens is 2. The maximum absolute atomic E-state index is 17.9. The fourth-order valence-corrected chi connectivity index (χ4v) is 10.0. The van der Waals surface area contributed by atoms with Gasteiger partial charge in [0.15, 0.2) is 5.82 Å². The van der Waals surface area contributed by atoms with E-state index in [4.69, 9.17) is 31.0 Å². The number of rotatable bonds is 10. The average Bonchev–Trinajstić information content (AvgIpc) is 3.41. The molecule has 0 radical (unpaired) electrons. The van der Waals surface area contributed by atoms with Crippen LogP contribution in [0.5, 0.6) is 11.8 Å². The second-order valence-electron chi connectivity index (χ2n) is 17.3. The van der Waals surface area contributed by atoms with Gasteiger partial charge in [0.1, 0.15) is 28.4 Å². The largest absolute Gasteiger partial charge is 0.508 e. The van der Waals surface area contributed by atoms with Crippen molar-refractivity contribution < 1.29 is 23.4 Å². The Labute approximate surface area is 325 Å². The van der Waals surface area contributed by atoms with E-state index in [1.54, 1.807) is 17.8 Å². The molecule has 1 saturated carbocycles. The van der Waals surface area contributed by atoms with Gasteiger partial charge in [0.05, 0.1) is 30.8 Å². The standard InChI is InChI=1S/C43H48F2N8O3/c1-5-31-34(44)9-6-26-14-30(54)15-32(35(26)31)36-38(45)40-37(33-20-50(4)48-39(33)36)41(53-28-7-8-29(53)19-52(18-28)16-25-21-55-22-25)47-42(46-40)56-24-43(11-12-43)23-51-13-10-27(17-51)49(2)3/h1,6,9,14-15,20,25,27-29,54H,7-8,10-13,16-19,21-24H2,2-4H3/t27-,28-,29+/m0/s1. The number of phenolic OH excluding ortho intramolecular Hbond substituents is 1. The number of hydrogen-bond donors (Lipinski definition) is 1. The number of benzene rings is 3. The van der Waals surface area contributed by atoms with Gasteiger partial charge in [0.25, 0.3) is 0 Å². The number of hydrogen-bond acceptors (Lipinski definition) is 10. The van der Waals surface area contributed by atoms with Crippen LogP contribution in [0.15, 0.2) is 30.5 Å². The maximum Gasteiger partial charge on any atom is 0.319 e. The first kappa shape index (κ1) is 35.8. The Balaban J connectivity index is 1.11. The highest BCUT2D eigenvalue weighted by atomic mass is 19.1. The normalized spacial score (nSPS) is 23.8. The van der Waals surface area contributed by atoms with Gasteiger partial charge in [-0.2, -0.15) is 15.1 Å². The number of fused-ring (bicyclic) bond motifs is 6. The molecule has 5 fully saturated rings. The van der Waals surface area contributed by atoms with Crippen LogP contribution in [0.25, 0.3) is 43.7 Å². The topological polar surface area (TPSA) is 95.3 Å². The monoisotopic (exact) mass is 762 g/mol. The summed E-state index contributed by atoms with van der Waals surface area (Å²) >= 11 is 0. The number of phenols is 1. The first-order valence-corrected chi connectivity index (χ1v) is 20.0. The van der Waals surface area contributed by atoms with Gasteiger partial charge in [-0.3, -0.25) is 9.58 Å². The number of terminal acetylenes is 1. The molecule has 0 unspecified atom stereocenters. The number of likely N-dealkylation sites (tertiary alicyclic amines) is 2. The highest BCUT2D eigenvalue weighted by molar-refractivity contribution is 6.18. The Kier molecular flexibility index (Phi) is 8.63. The second kappa shape index (κ2) is 13.5. The van der Waals surface area contributed by atoms with Crippen LogP contribution in [0, 0.1) is 35.3 Å². The van der Waals surface area contributed by atoms with Crippen molar-refractivity contribution in [3.8, 4) is 35.2 Å². The van der Waals surface area contributed by atoms with Crippen molar-refractivity contribution in [2.24, 2.45) is 18.4 Å². The maximum atomic E-state index is 17.9. The molecule has 13 heteroatoms. The first-order chi connectivity index (χ1) is 27.1. The van der Waals surface area contributed by atoms with Gasteiger partial charge in [-0.1, -0.05) is 12.0 Å². The van der Waals surface area contributed by atoms with Gasteiger partial charge in [-0.15, -0.1) is 6.42 Å². The van der Waals surface area contributed by atoms with Gasteiger partial charge >= 0.3 is 6.01 Å². The van der Waals surface area contributed by atoms with E-state index in [1.165, 1.54) is 18.2 Å². The molecule has 11 nitrogen and oxygen atoms in total. The minimum atomic E-state index is -0.650. The summed E-state index contributed by atoms with van der Waals surface area (Å²) in [5.41, 5.74) is 0.770. The van der Waals surface area contributed by atoms with Crippen LogP contribution in [-0.4, -0.2) is 131 Å². The van der Waals surface area contributed by atoms with Crippen LogP contribution in [0.1, 0.15) is 37.7 Å². The Morgan fingerprint density at radius 2 is 1.80 bits per heavy atom.